The molecule has 0 spiro atoms. The third-order valence-corrected chi connectivity index (χ3v) is 5.60. The van der Waals surface area contributed by atoms with Crippen LogP contribution in [0.15, 0.2) is 47.0 Å². The quantitative estimate of drug-likeness (QED) is 0.760. The topological polar surface area (TPSA) is 85.3 Å². The van der Waals surface area contributed by atoms with Crippen molar-refractivity contribution in [2.45, 2.75) is 25.4 Å². The van der Waals surface area contributed by atoms with Gasteiger partial charge in [-0.2, -0.15) is 4.98 Å². The zero-order valence-electron chi connectivity index (χ0n) is 13.6. The number of rotatable bonds is 5. The summed E-state index contributed by atoms with van der Waals surface area (Å²) in [6.45, 7) is 1.58. The fourth-order valence-electron chi connectivity index (χ4n) is 3.20. The molecule has 0 radical (unpaired) electrons. The molecule has 6 nitrogen and oxygen atoms in total. The van der Waals surface area contributed by atoms with Crippen LogP contribution in [0.2, 0.25) is 0 Å². The van der Waals surface area contributed by atoms with Gasteiger partial charge in [-0.15, -0.1) is 11.3 Å². The number of primary amides is 1. The third kappa shape index (κ3) is 3.33. The molecule has 128 valence electrons. The first-order chi connectivity index (χ1) is 12.2. The summed E-state index contributed by atoms with van der Waals surface area (Å²) in [6, 6.07) is 13.9. The second kappa shape index (κ2) is 6.78. The van der Waals surface area contributed by atoms with Crippen molar-refractivity contribution < 1.29 is 9.32 Å². The fraction of sp³-hybridized carbons (Fsp3) is 0.278. The van der Waals surface area contributed by atoms with Crippen molar-refractivity contribution in [2.75, 3.05) is 6.54 Å². The zero-order valence-corrected chi connectivity index (χ0v) is 14.4. The summed E-state index contributed by atoms with van der Waals surface area (Å²) in [4.78, 5) is 19.9. The van der Waals surface area contributed by atoms with E-state index in [4.69, 9.17) is 10.3 Å². The van der Waals surface area contributed by atoms with Crippen molar-refractivity contribution in [1.29, 1.82) is 0 Å². The maximum atomic E-state index is 11.3. The Balaban J connectivity index is 1.50. The van der Waals surface area contributed by atoms with Gasteiger partial charge in [-0.1, -0.05) is 35.5 Å². The van der Waals surface area contributed by atoms with Gasteiger partial charge in [0.1, 0.15) is 0 Å². The standard InChI is InChI=1S/C18H18N4O2S/c19-17(23)15-9-8-14(25-15)13-7-4-10-22(13)11-16-20-18(21-24-16)12-5-2-1-3-6-12/h1-3,5-6,8-9,13H,4,7,10-11H2,(H2,19,23)/t13-/m1/s1. The van der Waals surface area contributed by atoms with Gasteiger partial charge in [-0.05, 0) is 31.5 Å². The highest BCUT2D eigenvalue weighted by Gasteiger charge is 2.29. The van der Waals surface area contributed by atoms with Crippen LogP contribution >= 0.6 is 11.3 Å². The van der Waals surface area contributed by atoms with Gasteiger partial charge in [0.25, 0.3) is 5.91 Å². The predicted molar refractivity (Wildman–Crippen MR) is 95.0 cm³/mol. The normalized spacial score (nSPS) is 17.8. The van der Waals surface area contributed by atoms with E-state index >= 15 is 0 Å². The summed E-state index contributed by atoms with van der Waals surface area (Å²) in [5.74, 6) is 0.848. The molecule has 7 heteroatoms. The monoisotopic (exact) mass is 354 g/mol. The highest BCUT2D eigenvalue weighted by Crippen LogP contribution is 2.36. The summed E-state index contributed by atoms with van der Waals surface area (Å²) in [6.07, 6.45) is 2.16. The van der Waals surface area contributed by atoms with E-state index in [0.29, 0.717) is 23.1 Å². The Morgan fingerprint density at radius 1 is 1.28 bits per heavy atom. The van der Waals surface area contributed by atoms with Crippen molar-refractivity contribution in [1.82, 2.24) is 15.0 Å². The molecule has 0 aliphatic carbocycles. The second-order valence-electron chi connectivity index (χ2n) is 6.07. The lowest BCUT2D eigenvalue weighted by Gasteiger charge is -2.21. The molecule has 3 aromatic rings. The molecule has 1 aliphatic rings. The van der Waals surface area contributed by atoms with Crippen LogP contribution in [-0.2, 0) is 6.54 Å². The molecule has 0 bridgehead atoms. The van der Waals surface area contributed by atoms with Crippen LogP contribution < -0.4 is 5.73 Å². The summed E-state index contributed by atoms with van der Waals surface area (Å²) >= 11 is 1.47. The fourth-order valence-corrected chi connectivity index (χ4v) is 4.23. The van der Waals surface area contributed by atoms with Gasteiger partial charge in [-0.3, -0.25) is 9.69 Å². The second-order valence-corrected chi connectivity index (χ2v) is 7.19. The summed E-state index contributed by atoms with van der Waals surface area (Å²) < 4.78 is 5.44. The van der Waals surface area contributed by atoms with Crippen molar-refractivity contribution in [3.63, 3.8) is 0 Å². The van der Waals surface area contributed by atoms with E-state index in [2.05, 4.69) is 15.0 Å². The third-order valence-electron chi connectivity index (χ3n) is 4.40. The number of nitrogens with zero attached hydrogens (tertiary/aromatic N) is 3. The van der Waals surface area contributed by atoms with Crippen LogP contribution in [0, 0.1) is 0 Å². The maximum absolute atomic E-state index is 11.3. The SMILES string of the molecule is NC(=O)c1ccc([C@H]2CCCN2Cc2nc(-c3ccccc3)no2)s1. The molecule has 2 N–H and O–H groups in total. The molecule has 1 fully saturated rings. The lowest BCUT2D eigenvalue weighted by atomic mass is 10.2. The molecule has 1 atom stereocenters. The number of hydrogen-bond acceptors (Lipinski definition) is 6. The summed E-state index contributed by atoms with van der Waals surface area (Å²) in [5, 5.41) is 4.08. The van der Waals surface area contributed by atoms with Crippen molar-refractivity contribution in [3.8, 4) is 11.4 Å². The largest absolute Gasteiger partial charge is 0.365 e. The zero-order chi connectivity index (χ0) is 17.2. The Morgan fingerprint density at radius 2 is 2.12 bits per heavy atom. The van der Waals surface area contributed by atoms with Gasteiger partial charge >= 0.3 is 0 Å². The van der Waals surface area contributed by atoms with Crippen LogP contribution in [-0.4, -0.2) is 27.5 Å². The van der Waals surface area contributed by atoms with Gasteiger partial charge in [0, 0.05) is 16.5 Å². The van der Waals surface area contributed by atoms with Gasteiger partial charge in [0.15, 0.2) is 0 Å². The highest BCUT2D eigenvalue weighted by atomic mass is 32.1. The average molecular weight is 354 g/mol. The van der Waals surface area contributed by atoms with Crippen LogP contribution in [0.5, 0.6) is 0 Å². The molecule has 3 heterocycles. The molecule has 1 amide bonds. The Morgan fingerprint density at radius 3 is 2.88 bits per heavy atom. The van der Waals surface area contributed by atoms with E-state index in [1.54, 1.807) is 6.07 Å². The molecule has 0 unspecified atom stereocenters. The molecular weight excluding hydrogens is 336 g/mol. The van der Waals surface area contributed by atoms with Crippen molar-refractivity contribution in [3.05, 3.63) is 58.1 Å². The first-order valence-electron chi connectivity index (χ1n) is 8.22. The number of hydrogen-bond donors (Lipinski definition) is 1. The first kappa shape index (κ1) is 16.0. The van der Waals surface area contributed by atoms with Crippen LogP contribution in [0.1, 0.15) is 39.3 Å². The Hall–Kier alpha value is -2.51. The number of amides is 1. The lowest BCUT2D eigenvalue weighted by molar-refractivity contribution is 0.100. The van der Waals surface area contributed by atoms with Crippen molar-refractivity contribution >= 4 is 17.2 Å². The molecule has 0 saturated carbocycles. The number of aromatic nitrogens is 2. The minimum atomic E-state index is -0.370. The maximum Gasteiger partial charge on any atom is 0.258 e. The van der Waals surface area contributed by atoms with E-state index in [0.717, 1.165) is 29.8 Å². The van der Waals surface area contributed by atoms with Gasteiger partial charge in [0.05, 0.1) is 11.4 Å². The number of benzene rings is 1. The van der Waals surface area contributed by atoms with E-state index in [-0.39, 0.29) is 11.9 Å². The predicted octanol–water partition coefficient (Wildman–Crippen LogP) is 3.23. The van der Waals surface area contributed by atoms with Crippen LogP contribution in [0.3, 0.4) is 0 Å². The van der Waals surface area contributed by atoms with Crippen LogP contribution in [0.25, 0.3) is 11.4 Å². The van der Waals surface area contributed by atoms with E-state index in [9.17, 15) is 4.79 Å². The molecule has 4 rings (SSSR count). The Kier molecular flexibility index (Phi) is 4.33. The van der Waals surface area contributed by atoms with Crippen molar-refractivity contribution in [2.24, 2.45) is 5.73 Å². The molecule has 1 aliphatic heterocycles. The van der Waals surface area contributed by atoms with Gasteiger partial charge in [-0.25, -0.2) is 0 Å². The number of carbonyl (C=O) groups excluding carboxylic acids is 1. The number of carbonyl (C=O) groups is 1. The minimum Gasteiger partial charge on any atom is -0.365 e. The summed E-state index contributed by atoms with van der Waals surface area (Å²) in [5.41, 5.74) is 6.31. The van der Waals surface area contributed by atoms with Crippen LogP contribution in [0.4, 0.5) is 0 Å². The summed E-state index contributed by atoms with van der Waals surface area (Å²) in [7, 11) is 0. The van der Waals surface area contributed by atoms with E-state index in [1.807, 2.05) is 36.4 Å². The Bertz CT molecular complexity index is 874. The first-order valence-corrected chi connectivity index (χ1v) is 9.04. The molecular formula is C18H18N4O2S. The minimum absolute atomic E-state index is 0.269. The molecule has 25 heavy (non-hydrogen) atoms. The Labute approximate surface area is 149 Å². The van der Waals surface area contributed by atoms with E-state index < -0.39 is 0 Å². The molecule has 2 aromatic heterocycles. The molecule has 1 saturated heterocycles. The average Bonchev–Trinajstić information content (AvgIpc) is 3.36. The van der Waals surface area contributed by atoms with E-state index in [1.165, 1.54) is 11.3 Å². The lowest BCUT2D eigenvalue weighted by Crippen LogP contribution is -2.22. The van der Waals surface area contributed by atoms with Gasteiger partial charge in [0.2, 0.25) is 11.7 Å². The van der Waals surface area contributed by atoms with Gasteiger partial charge < -0.3 is 10.3 Å². The number of thiophene rings is 1. The smallest absolute Gasteiger partial charge is 0.258 e. The molecule has 1 aromatic carbocycles. The highest BCUT2D eigenvalue weighted by molar-refractivity contribution is 7.14. The number of likely N-dealkylation sites (tertiary alicyclic amines) is 1. The number of nitrogens with two attached hydrogens (primary N) is 1.